The first-order valence-corrected chi connectivity index (χ1v) is 14.3. The van der Waals surface area contributed by atoms with Gasteiger partial charge in [-0.15, -0.1) is 0 Å². The lowest BCUT2D eigenvalue weighted by molar-refractivity contribution is -0.132. The Balaban J connectivity index is 1.48. The Morgan fingerprint density at radius 3 is 2.17 bits per heavy atom. The number of hydrogen-bond acceptors (Lipinski definition) is 3. The summed E-state index contributed by atoms with van der Waals surface area (Å²) in [6, 6.07) is 21.1. The maximum Gasteiger partial charge on any atom is 0.243 e. The van der Waals surface area contributed by atoms with Crippen LogP contribution in [0.5, 0.6) is 0 Å². The van der Waals surface area contributed by atoms with Gasteiger partial charge in [0.2, 0.25) is 15.9 Å². The number of halogens is 3. The highest BCUT2D eigenvalue weighted by atomic mass is 35.5. The molecule has 1 amide bonds. The highest BCUT2D eigenvalue weighted by Gasteiger charge is 2.31. The number of carbonyl (C=O) groups excluding carboxylic acids is 1. The normalized spacial score (nSPS) is 14.8. The minimum absolute atomic E-state index is 0.0584. The van der Waals surface area contributed by atoms with E-state index in [-0.39, 0.29) is 23.9 Å². The molecule has 0 saturated carbocycles. The van der Waals surface area contributed by atoms with Crippen LogP contribution in [-0.4, -0.2) is 43.2 Å². The molecule has 190 valence electrons. The van der Waals surface area contributed by atoms with Gasteiger partial charge in [-0.1, -0.05) is 71.2 Å². The summed E-state index contributed by atoms with van der Waals surface area (Å²) < 4.78 is 28.3. The van der Waals surface area contributed by atoms with Crippen LogP contribution in [-0.2, 0) is 27.8 Å². The number of amides is 1. The first-order valence-electron chi connectivity index (χ1n) is 11.7. The molecule has 9 heteroatoms. The van der Waals surface area contributed by atoms with Gasteiger partial charge in [0.15, 0.2) is 0 Å². The molecule has 1 saturated heterocycles. The monoisotopic (exact) mass is 564 g/mol. The predicted molar refractivity (Wildman–Crippen MR) is 145 cm³/mol. The fraction of sp³-hybridized carbons (Fsp3) is 0.296. The zero-order valence-electron chi connectivity index (χ0n) is 19.6. The molecular formula is C27H27Cl3N2O3S. The molecule has 3 aromatic rings. The minimum atomic E-state index is -3.99. The Kier molecular flexibility index (Phi) is 8.96. The average Bonchev–Trinajstić information content (AvgIpc) is 2.86. The van der Waals surface area contributed by atoms with Gasteiger partial charge in [-0.2, -0.15) is 4.31 Å². The molecule has 1 heterocycles. The van der Waals surface area contributed by atoms with Crippen molar-refractivity contribution >= 4 is 50.7 Å². The van der Waals surface area contributed by atoms with Crippen molar-refractivity contribution in [2.75, 3.05) is 19.6 Å². The van der Waals surface area contributed by atoms with E-state index >= 15 is 0 Å². The van der Waals surface area contributed by atoms with Crippen LogP contribution in [0, 0.1) is 5.92 Å². The Labute approximate surface area is 227 Å². The van der Waals surface area contributed by atoms with Crippen molar-refractivity contribution < 1.29 is 13.2 Å². The molecule has 5 nitrogen and oxygen atoms in total. The van der Waals surface area contributed by atoms with E-state index in [4.69, 9.17) is 34.8 Å². The molecule has 3 aromatic carbocycles. The van der Waals surface area contributed by atoms with E-state index in [0.717, 1.165) is 19.3 Å². The summed E-state index contributed by atoms with van der Waals surface area (Å²) in [5.74, 6) is 0.272. The average molecular weight is 566 g/mol. The molecule has 1 aliphatic heterocycles. The van der Waals surface area contributed by atoms with Crippen LogP contribution >= 0.6 is 34.8 Å². The van der Waals surface area contributed by atoms with Gasteiger partial charge in [0.1, 0.15) is 0 Å². The Morgan fingerprint density at radius 2 is 1.53 bits per heavy atom. The summed E-state index contributed by atoms with van der Waals surface area (Å²) in [5.41, 5.74) is 1.86. The summed E-state index contributed by atoms with van der Waals surface area (Å²) in [5, 5.41) is 1.22. The third-order valence-electron chi connectivity index (χ3n) is 6.46. The van der Waals surface area contributed by atoms with Crippen LogP contribution in [0.2, 0.25) is 15.1 Å². The summed E-state index contributed by atoms with van der Waals surface area (Å²) in [7, 11) is -3.99. The van der Waals surface area contributed by atoms with Crippen LogP contribution in [0.15, 0.2) is 77.7 Å². The number of sulfonamides is 1. The van der Waals surface area contributed by atoms with E-state index in [1.807, 2.05) is 18.2 Å². The molecule has 0 spiro atoms. The number of benzene rings is 3. The molecule has 4 rings (SSSR count). The summed E-state index contributed by atoms with van der Waals surface area (Å²) in [4.78, 5) is 15.1. The summed E-state index contributed by atoms with van der Waals surface area (Å²) in [6.07, 6.45) is 2.75. The first kappa shape index (κ1) is 27.0. The van der Waals surface area contributed by atoms with Crippen molar-refractivity contribution in [2.24, 2.45) is 5.92 Å². The van der Waals surface area contributed by atoms with Crippen molar-refractivity contribution in [1.29, 1.82) is 0 Å². The van der Waals surface area contributed by atoms with E-state index in [2.05, 4.69) is 12.1 Å². The number of nitrogens with zero attached hydrogens (tertiary/aromatic N) is 2. The molecule has 1 fully saturated rings. The number of carbonyl (C=O) groups is 1. The molecule has 0 atom stereocenters. The van der Waals surface area contributed by atoms with Crippen LogP contribution in [0.3, 0.4) is 0 Å². The maximum absolute atomic E-state index is 13.5. The van der Waals surface area contributed by atoms with E-state index in [0.29, 0.717) is 39.6 Å². The van der Waals surface area contributed by atoms with Crippen molar-refractivity contribution in [2.45, 2.75) is 30.7 Å². The second-order valence-corrected chi connectivity index (χ2v) is 12.2. The topological polar surface area (TPSA) is 57.7 Å². The van der Waals surface area contributed by atoms with Gasteiger partial charge >= 0.3 is 0 Å². The van der Waals surface area contributed by atoms with Crippen molar-refractivity contribution in [3.05, 3.63) is 99.0 Å². The highest BCUT2D eigenvalue weighted by molar-refractivity contribution is 7.89. The molecule has 0 N–H and O–H groups in total. The first-order chi connectivity index (χ1) is 17.2. The zero-order chi connectivity index (χ0) is 25.7. The van der Waals surface area contributed by atoms with E-state index < -0.39 is 10.0 Å². The van der Waals surface area contributed by atoms with Gasteiger partial charge in [0.25, 0.3) is 0 Å². The lowest BCUT2D eigenvalue weighted by Crippen LogP contribution is -2.45. The lowest BCUT2D eigenvalue weighted by atomic mass is 9.90. The summed E-state index contributed by atoms with van der Waals surface area (Å²) in [6.45, 7) is 0.865. The van der Waals surface area contributed by atoms with E-state index in [1.54, 1.807) is 23.1 Å². The Bertz CT molecular complexity index is 1290. The zero-order valence-corrected chi connectivity index (χ0v) is 22.7. The summed E-state index contributed by atoms with van der Waals surface area (Å²) >= 11 is 18.3. The van der Waals surface area contributed by atoms with Gasteiger partial charge in [-0.25, -0.2) is 8.42 Å². The number of hydrogen-bond donors (Lipinski definition) is 0. The Hall–Kier alpha value is -2.09. The second kappa shape index (κ2) is 12.0. The van der Waals surface area contributed by atoms with Crippen LogP contribution in [0.4, 0.5) is 0 Å². The fourth-order valence-electron chi connectivity index (χ4n) is 4.41. The fourth-order valence-corrected chi connectivity index (χ4v) is 6.37. The van der Waals surface area contributed by atoms with Crippen molar-refractivity contribution in [1.82, 2.24) is 9.21 Å². The largest absolute Gasteiger partial charge is 0.342 e. The van der Waals surface area contributed by atoms with Crippen LogP contribution in [0.1, 0.15) is 24.0 Å². The van der Waals surface area contributed by atoms with Gasteiger partial charge in [-0.05, 0) is 72.7 Å². The predicted octanol–water partition coefficient (Wildman–Crippen LogP) is 6.32. The van der Waals surface area contributed by atoms with Crippen LogP contribution < -0.4 is 0 Å². The molecule has 0 bridgehead atoms. The van der Waals surface area contributed by atoms with Crippen LogP contribution in [0.25, 0.3) is 0 Å². The third kappa shape index (κ3) is 6.81. The third-order valence-corrected chi connectivity index (χ3v) is 9.10. The smallest absolute Gasteiger partial charge is 0.243 e. The molecule has 0 radical (unpaired) electrons. The standard InChI is InChI=1S/C27H27Cl3N2O3S/c28-23-8-10-25(11-9-23)36(34,35)32(18-22-6-7-24(29)17-26(22)30)19-27(33)31-14-12-21(13-15-31)16-20-4-2-1-3-5-20/h1-11,17,21H,12-16,18-19H2. The van der Waals surface area contributed by atoms with E-state index in [9.17, 15) is 13.2 Å². The van der Waals surface area contributed by atoms with Gasteiger partial charge < -0.3 is 4.90 Å². The van der Waals surface area contributed by atoms with Gasteiger partial charge in [0, 0.05) is 34.7 Å². The van der Waals surface area contributed by atoms with Crippen molar-refractivity contribution in [3.8, 4) is 0 Å². The number of piperidine rings is 1. The minimum Gasteiger partial charge on any atom is -0.342 e. The maximum atomic E-state index is 13.5. The molecule has 0 aliphatic carbocycles. The SMILES string of the molecule is O=C(CN(Cc1ccc(Cl)cc1Cl)S(=O)(=O)c1ccc(Cl)cc1)N1CCC(Cc2ccccc2)CC1. The number of likely N-dealkylation sites (tertiary alicyclic amines) is 1. The molecule has 36 heavy (non-hydrogen) atoms. The quantitative estimate of drug-likeness (QED) is 0.321. The Morgan fingerprint density at radius 1 is 0.889 bits per heavy atom. The number of rotatable bonds is 8. The molecule has 1 aliphatic rings. The van der Waals surface area contributed by atoms with E-state index in [1.165, 1.54) is 34.1 Å². The molecular weight excluding hydrogens is 539 g/mol. The van der Waals surface area contributed by atoms with Gasteiger partial charge in [0.05, 0.1) is 11.4 Å². The lowest BCUT2D eigenvalue weighted by Gasteiger charge is -2.33. The van der Waals surface area contributed by atoms with Crippen molar-refractivity contribution in [3.63, 3.8) is 0 Å². The highest BCUT2D eigenvalue weighted by Crippen LogP contribution is 2.27. The molecule has 0 aromatic heterocycles. The molecule has 0 unspecified atom stereocenters. The van der Waals surface area contributed by atoms with Gasteiger partial charge in [-0.3, -0.25) is 4.79 Å². The second-order valence-electron chi connectivity index (χ2n) is 8.98.